The Hall–Kier alpha value is -2.64. The first-order chi connectivity index (χ1) is 10.1. The van der Waals surface area contributed by atoms with E-state index in [4.69, 9.17) is 9.26 Å². The molecule has 1 aromatic heterocycles. The molecule has 0 aliphatic carbocycles. The van der Waals surface area contributed by atoms with Gasteiger partial charge in [-0.3, -0.25) is 10.1 Å². The molecule has 1 heterocycles. The normalized spacial score (nSPS) is 10.4. The van der Waals surface area contributed by atoms with Crippen LogP contribution in [0.2, 0.25) is 0 Å². The van der Waals surface area contributed by atoms with Gasteiger partial charge in [-0.25, -0.2) is 0 Å². The number of rotatable bonds is 7. The second-order valence-corrected chi connectivity index (χ2v) is 4.35. The highest BCUT2D eigenvalue weighted by atomic mass is 16.6. The summed E-state index contributed by atoms with van der Waals surface area (Å²) >= 11 is 0. The first-order valence-electron chi connectivity index (χ1n) is 6.55. The number of aryl methyl sites for hydroxylation is 1. The number of ether oxygens (including phenoxy) is 1. The third-order valence-corrected chi connectivity index (χ3v) is 2.64. The van der Waals surface area contributed by atoms with Crippen molar-refractivity contribution in [2.75, 3.05) is 11.9 Å². The summed E-state index contributed by atoms with van der Waals surface area (Å²) in [4.78, 5) is 14.8. The van der Waals surface area contributed by atoms with Gasteiger partial charge in [0.2, 0.25) is 5.89 Å². The van der Waals surface area contributed by atoms with E-state index in [9.17, 15) is 10.1 Å². The Morgan fingerprint density at radius 2 is 2.29 bits per heavy atom. The van der Waals surface area contributed by atoms with Crippen molar-refractivity contribution >= 4 is 11.4 Å². The van der Waals surface area contributed by atoms with Gasteiger partial charge in [0.15, 0.2) is 11.6 Å². The molecule has 21 heavy (non-hydrogen) atoms. The van der Waals surface area contributed by atoms with Crippen molar-refractivity contribution in [3.8, 4) is 5.75 Å². The van der Waals surface area contributed by atoms with Crippen molar-refractivity contribution in [1.29, 1.82) is 0 Å². The zero-order chi connectivity index (χ0) is 15.2. The van der Waals surface area contributed by atoms with Gasteiger partial charge in [0.1, 0.15) is 5.69 Å². The number of nitro benzene ring substituents is 1. The molecule has 2 rings (SSSR count). The molecule has 0 saturated heterocycles. The van der Waals surface area contributed by atoms with E-state index in [0.29, 0.717) is 24.0 Å². The lowest BCUT2D eigenvalue weighted by Gasteiger charge is -2.09. The average Bonchev–Trinajstić information content (AvgIpc) is 2.88. The maximum absolute atomic E-state index is 11.3. The van der Waals surface area contributed by atoms with Crippen LogP contribution in [-0.2, 0) is 6.54 Å². The molecule has 0 saturated carbocycles. The zero-order valence-electron chi connectivity index (χ0n) is 11.8. The number of anilines is 1. The van der Waals surface area contributed by atoms with Gasteiger partial charge < -0.3 is 14.6 Å². The van der Waals surface area contributed by atoms with Crippen LogP contribution in [0.25, 0.3) is 0 Å². The van der Waals surface area contributed by atoms with Crippen LogP contribution in [0.1, 0.15) is 25.1 Å². The fourth-order valence-electron chi connectivity index (χ4n) is 1.76. The minimum absolute atomic E-state index is 0.0952. The van der Waals surface area contributed by atoms with Crippen LogP contribution < -0.4 is 10.1 Å². The van der Waals surface area contributed by atoms with Gasteiger partial charge in [0.25, 0.3) is 0 Å². The summed E-state index contributed by atoms with van der Waals surface area (Å²) in [5, 5.41) is 17.8. The van der Waals surface area contributed by atoms with E-state index in [1.165, 1.54) is 0 Å². The third-order valence-electron chi connectivity index (χ3n) is 2.64. The van der Waals surface area contributed by atoms with Crippen LogP contribution in [-0.4, -0.2) is 21.7 Å². The molecule has 0 atom stereocenters. The molecule has 8 heteroatoms. The lowest BCUT2D eigenvalue weighted by molar-refractivity contribution is -0.385. The molecular weight excluding hydrogens is 276 g/mol. The zero-order valence-corrected chi connectivity index (χ0v) is 11.8. The molecule has 2 aromatic rings. The fraction of sp³-hybridized carbons (Fsp3) is 0.385. The molecule has 8 nitrogen and oxygen atoms in total. The summed E-state index contributed by atoms with van der Waals surface area (Å²) in [7, 11) is 0. The third kappa shape index (κ3) is 3.68. The van der Waals surface area contributed by atoms with Gasteiger partial charge >= 0.3 is 5.69 Å². The van der Waals surface area contributed by atoms with Crippen LogP contribution in [0, 0.1) is 17.0 Å². The monoisotopic (exact) mass is 292 g/mol. The summed E-state index contributed by atoms with van der Waals surface area (Å²) in [5.41, 5.74) is 0.256. The fourth-order valence-corrected chi connectivity index (χ4v) is 1.76. The summed E-state index contributed by atoms with van der Waals surface area (Å²) in [5.74, 6) is 1.12. The maximum Gasteiger partial charge on any atom is 0.333 e. The van der Waals surface area contributed by atoms with Gasteiger partial charge in [-0.1, -0.05) is 18.1 Å². The Labute approximate surface area is 121 Å². The van der Waals surface area contributed by atoms with Crippen LogP contribution >= 0.6 is 0 Å². The number of para-hydroxylation sites is 1. The van der Waals surface area contributed by atoms with Crippen LogP contribution in [0.3, 0.4) is 0 Å². The van der Waals surface area contributed by atoms with Crippen molar-refractivity contribution in [2.24, 2.45) is 0 Å². The van der Waals surface area contributed by atoms with Crippen molar-refractivity contribution in [2.45, 2.75) is 26.8 Å². The van der Waals surface area contributed by atoms with Crippen LogP contribution in [0.5, 0.6) is 5.75 Å². The first kappa shape index (κ1) is 14.8. The molecule has 0 spiro atoms. The van der Waals surface area contributed by atoms with E-state index in [0.717, 1.165) is 6.42 Å². The largest absolute Gasteiger partial charge is 0.487 e. The predicted octanol–water partition coefficient (Wildman–Crippen LogP) is 2.69. The number of nitrogens with zero attached hydrogens (tertiary/aromatic N) is 3. The Balaban J connectivity index is 2.19. The molecule has 1 N–H and O–H groups in total. The van der Waals surface area contributed by atoms with E-state index in [1.807, 2.05) is 6.92 Å². The lowest BCUT2D eigenvalue weighted by atomic mass is 10.2. The molecule has 0 radical (unpaired) electrons. The summed E-state index contributed by atoms with van der Waals surface area (Å²) in [6, 6.07) is 4.88. The Bertz CT molecular complexity index is 626. The molecule has 0 amide bonds. The smallest absolute Gasteiger partial charge is 0.333 e. The van der Waals surface area contributed by atoms with Gasteiger partial charge in [-0.05, 0) is 25.5 Å². The number of benzene rings is 1. The number of nitrogens with one attached hydrogen (secondary N) is 1. The Kier molecular flexibility index (Phi) is 4.70. The van der Waals surface area contributed by atoms with E-state index in [1.54, 1.807) is 25.1 Å². The topological polar surface area (TPSA) is 103 Å². The number of hydrogen-bond acceptors (Lipinski definition) is 7. The Morgan fingerprint density at radius 3 is 2.90 bits per heavy atom. The highest BCUT2D eigenvalue weighted by Gasteiger charge is 2.21. The minimum Gasteiger partial charge on any atom is -0.487 e. The highest BCUT2D eigenvalue weighted by molar-refractivity contribution is 5.68. The second kappa shape index (κ2) is 6.69. The van der Waals surface area contributed by atoms with Gasteiger partial charge in [0.05, 0.1) is 18.1 Å². The lowest BCUT2D eigenvalue weighted by Crippen LogP contribution is -2.05. The van der Waals surface area contributed by atoms with Gasteiger partial charge in [-0.15, -0.1) is 0 Å². The molecule has 0 aliphatic rings. The van der Waals surface area contributed by atoms with Crippen molar-refractivity contribution in [3.63, 3.8) is 0 Å². The average molecular weight is 292 g/mol. The van der Waals surface area contributed by atoms with Crippen LogP contribution in [0.15, 0.2) is 22.7 Å². The number of aromatic nitrogens is 2. The maximum atomic E-state index is 11.3. The first-order valence-corrected chi connectivity index (χ1v) is 6.55. The van der Waals surface area contributed by atoms with Crippen molar-refractivity contribution < 1.29 is 14.2 Å². The molecule has 0 aliphatic heterocycles. The van der Waals surface area contributed by atoms with Crippen molar-refractivity contribution in [1.82, 2.24) is 10.1 Å². The minimum atomic E-state index is -0.466. The molecule has 0 fully saturated rings. The van der Waals surface area contributed by atoms with E-state index in [2.05, 4.69) is 15.5 Å². The van der Waals surface area contributed by atoms with Crippen LogP contribution in [0.4, 0.5) is 11.4 Å². The summed E-state index contributed by atoms with van der Waals surface area (Å²) in [6.45, 7) is 4.27. The summed E-state index contributed by atoms with van der Waals surface area (Å²) < 4.78 is 10.4. The highest BCUT2D eigenvalue weighted by Crippen LogP contribution is 2.35. The molecule has 0 bridgehead atoms. The second-order valence-electron chi connectivity index (χ2n) is 4.35. The molecule has 1 aromatic carbocycles. The SMILES string of the molecule is CCCOc1cccc(NCc2nc(C)no2)c1[N+](=O)[O-]. The number of hydrogen-bond donors (Lipinski definition) is 1. The summed E-state index contributed by atoms with van der Waals surface area (Å²) in [6.07, 6.45) is 0.774. The van der Waals surface area contributed by atoms with E-state index >= 15 is 0 Å². The molecule has 112 valence electrons. The standard InChI is InChI=1S/C13H16N4O4/c1-3-7-20-11-6-4-5-10(13(11)17(18)19)14-8-12-15-9(2)16-21-12/h4-6,14H,3,7-8H2,1-2H3. The molecule has 0 unspecified atom stereocenters. The van der Waals surface area contributed by atoms with E-state index < -0.39 is 4.92 Å². The van der Waals surface area contributed by atoms with Gasteiger partial charge in [0, 0.05) is 0 Å². The number of nitro groups is 1. The predicted molar refractivity (Wildman–Crippen MR) is 75.2 cm³/mol. The Morgan fingerprint density at radius 1 is 1.48 bits per heavy atom. The molecular formula is C13H16N4O4. The van der Waals surface area contributed by atoms with Crippen molar-refractivity contribution in [3.05, 3.63) is 40.0 Å². The van der Waals surface area contributed by atoms with Gasteiger partial charge in [-0.2, -0.15) is 4.98 Å². The van der Waals surface area contributed by atoms with E-state index in [-0.39, 0.29) is 18.0 Å². The quantitative estimate of drug-likeness (QED) is 0.618.